The first-order valence-electron chi connectivity index (χ1n) is 5.91. The van der Waals surface area contributed by atoms with Crippen molar-refractivity contribution in [2.45, 2.75) is 6.18 Å². The molecule has 4 nitrogen and oxygen atoms in total. The number of halogens is 3. The maximum Gasteiger partial charge on any atom is 0.416 e. The van der Waals surface area contributed by atoms with Crippen molar-refractivity contribution in [2.24, 2.45) is 5.73 Å². The van der Waals surface area contributed by atoms with Crippen LogP contribution >= 0.6 is 0 Å². The maximum absolute atomic E-state index is 12.5. The molecular formula is C14H12F3N3O. The van der Waals surface area contributed by atoms with Gasteiger partial charge in [0.05, 0.1) is 16.8 Å². The number of anilines is 3. The maximum atomic E-state index is 12.5. The van der Waals surface area contributed by atoms with Crippen molar-refractivity contribution in [3.8, 4) is 0 Å². The lowest BCUT2D eigenvalue weighted by atomic mass is 10.1. The first-order chi connectivity index (χ1) is 9.77. The van der Waals surface area contributed by atoms with Crippen LogP contribution < -0.4 is 16.8 Å². The lowest BCUT2D eigenvalue weighted by Gasteiger charge is -2.12. The summed E-state index contributed by atoms with van der Waals surface area (Å²) in [5, 5.41) is 2.84. The highest BCUT2D eigenvalue weighted by Crippen LogP contribution is 2.31. The zero-order valence-electron chi connectivity index (χ0n) is 10.7. The summed E-state index contributed by atoms with van der Waals surface area (Å²) in [5.41, 5.74) is 11.3. The molecule has 0 aliphatic carbocycles. The van der Waals surface area contributed by atoms with E-state index in [4.69, 9.17) is 11.5 Å². The topological polar surface area (TPSA) is 81.1 Å². The van der Waals surface area contributed by atoms with E-state index in [1.807, 2.05) is 0 Å². The largest absolute Gasteiger partial charge is 0.416 e. The number of carbonyl (C=O) groups excluding carboxylic acids is 1. The second-order valence-electron chi connectivity index (χ2n) is 4.37. The molecule has 0 bridgehead atoms. The van der Waals surface area contributed by atoms with Crippen LogP contribution in [-0.2, 0) is 6.18 Å². The molecule has 0 fully saturated rings. The second-order valence-corrected chi connectivity index (χ2v) is 4.37. The van der Waals surface area contributed by atoms with Gasteiger partial charge in [0.15, 0.2) is 0 Å². The van der Waals surface area contributed by atoms with E-state index < -0.39 is 17.6 Å². The van der Waals surface area contributed by atoms with Gasteiger partial charge >= 0.3 is 6.18 Å². The van der Waals surface area contributed by atoms with E-state index in [1.165, 1.54) is 24.3 Å². The van der Waals surface area contributed by atoms with E-state index in [9.17, 15) is 18.0 Å². The SMILES string of the molecule is NC(=O)c1cc(N)ccc1Nc1ccc(C(F)(F)F)cc1. The van der Waals surface area contributed by atoms with Gasteiger partial charge in [0.2, 0.25) is 0 Å². The van der Waals surface area contributed by atoms with Gasteiger partial charge in [0.1, 0.15) is 0 Å². The van der Waals surface area contributed by atoms with Crippen molar-refractivity contribution in [3.05, 3.63) is 53.6 Å². The average Bonchev–Trinajstić information content (AvgIpc) is 2.40. The van der Waals surface area contributed by atoms with Crippen LogP contribution in [0.2, 0.25) is 0 Å². The van der Waals surface area contributed by atoms with Gasteiger partial charge < -0.3 is 16.8 Å². The number of alkyl halides is 3. The van der Waals surface area contributed by atoms with Gasteiger partial charge in [-0.15, -0.1) is 0 Å². The predicted octanol–water partition coefficient (Wildman–Crippen LogP) is 3.13. The number of nitrogens with one attached hydrogen (secondary N) is 1. The number of hydrogen-bond acceptors (Lipinski definition) is 3. The third kappa shape index (κ3) is 3.44. The third-order valence-electron chi connectivity index (χ3n) is 2.80. The molecule has 0 spiro atoms. The van der Waals surface area contributed by atoms with E-state index in [0.29, 0.717) is 17.1 Å². The Morgan fingerprint density at radius 1 is 1.05 bits per heavy atom. The number of rotatable bonds is 3. The van der Waals surface area contributed by atoms with Crippen molar-refractivity contribution in [1.82, 2.24) is 0 Å². The van der Waals surface area contributed by atoms with Gasteiger partial charge in [0, 0.05) is 11.4 Å². The van der Waals surface area contributed by atoms with Gasteiger partial charge in [-0.25, -0.2) is 0 Å². The first-order valence-corrected chi connectivity index (χ1v) is 5.91. The molecule has 0 saturated carbocycles. The van der Waals surface area contributed by atoms with Crippen LogP contribution in [0.25, 0.3) is 0 Å². The summed E-state index contributed by atoms with van der Waals surface area (Å²) in [6, 6.07) is 8.92. The summed E-state index contributed by atoms with van der Waals surface area (Å²) in [6.45, 7) is 0. The highest BCUT2D eigenvalue weighted by molar-refractivity contribution is 6.00. The summed E-state index contributed by atoms with van der Waals surface area (Å²) in [7, 11) is 0. The van der Waals surface area contributed by atoms with Gasteiger partial charge in [-0.05, 0) is 42.5 Å². The van der Waals surface area contributed by atoms with Crippen LogP contribution in [0, 0.1) is 0 Å². The van der Waals surface area contributed by atoms with E-state index in [0.717, 1.165) is 12.1 Å². The highest BCUT2D eigenvalue weighted by Gasteiger charge is 2.29. The van der Waals surface area contributed by atoms with E-state index >= 15 is 0 Å². The lowest BCUT2D eigenvalue weighted by Crippen LogP contribution is -2.13. The molecule has 0 aliphatic rings. The monoisotopic (exact) mass is 295 g/mol. The summed E-state index contributed by atoms with van der Waals surface area (Å²) in [6.07, 6.45) is -4.39. The standard InChI is InChI=1S/C14H12F3N3O/c15-14(16,17)8-1-4-10(5-2-8)20-12-6-3-9(18)7-11(12)13(19)21/h1-7,20H,18H2,(H2,19,21). The van der Waals surface area contributed by atoms with Gasteiger partial charge in [-0.1, -0.05) is 0 Å². The molecule has 0 unspecified atom stereocenters. The number of hydrogen-bond donors (Lipinski definition) is 3. The van der Waals surface area contributed by atoms with Crippen molar-refractivity contribution >= 4 is 23.0 Å². The quantitative estimate of drug-likeness (QED) is 0.761. The highest BCUT2D eigenvalue weighted by atomic mass is 19.4. The fourth-order valence-corrected chi connectivity index (χ4v) is 1.77. The van der Waals surface area contributed by atoms with E-state index in [1.54, 1.807) is 6.07 Å². The van der Waals surface area contributed by atoms with Crippen LogP contribution in [0.4, 0.5) is 30.2 Å². The smallest absolute Gasteiger partial charge is 0.399 e. The number of nitrogens with two attached hydrogens (primary N) is 2. The zero-order chi connectivity index (χ0) is 15.6. The molecular weight excluding hydrogens is 283 g/mol. The van der Waals surface area contributed by atoms with Gasteiger partial charge in [-0.3, -0.25) is 4.79 Å². The van der Waals surface area contributed by atoms with Crippen LogP contribution in [0.5, 0.6) is 0 Å². The van der Waals surface area contributed by atoms with Crippen LogP contribution in [-0.4, -0.2) is 5.91 Å². The summed E-state index contributed by atoms with van der Waals surface area (Å²) in [5.74, 6) is -0.684. The normalized spacial score (nSPS) is 11.2. The fraction of sp³-hybridized carbons (Fsp3) is 0.0714. The second kappa shape index (κ2) is 5.35. The molecule has 0 aromatic heterocycles. The molecule has 5 N–H and O–H groups in total. The number of primary amides is 1. The minimum Gasteiger partial charge on any atom is -0.399 e. The Labute approximate surface area is 118 Å². The van der Waals surface area contributed by atoms with Crippen LogP contribution in [0.3, 0.4) is 0 Å². The van der Waals surface area contributed by atoms with Gasteiger partial charge in [-0.2, -0.15) is 13.2 Å². The van der Waals surface area contributed by atoms with E-state index in [-0.39, 0.29) is 5.56 Å². The Morgan fingerprint density at radius 2 is 1.67 bits per heavy atom. The number of nitrogen functional groups attached to an aromatic ring is 1. The zero-order valence-corrected chi connectivity index (χ0v) is 10.7. The molecule has 2 rings (SSSR count). The number of amides is 1. The molecule has 2 aromatic carbocycles. The van der Waals surface area contributed by atoms with Crippen LogP contribution in [0.15, 0.2) is 42.5 Å². The molecule has 1 amide bonds. The molecule has 0 radical (unpaired) electrons. The minimum absolute atomic E-state index is 0.162. The van der Waals surface area contributed by atoms with Crippen molar-refractivity contribution in [2.75, 3.05) is 11.1 Å². The first kappa shape index (κ1) is 14.7. The number of carbonyl (C=O) groups is 1. The summed E-state index contributed by atoms with van der Waals surface area (Å²) < 4.78 is 37.4. The predicted molar refractivity (Wildman–Crippen MR) is 74.1 cm³/mol. The Bertz CT molecular complexity index is 666. The Morgan fingerprint density at radius 3 is 2.19 bits per heavy atom. The van der Waals surface area contributed by atoms with Crippen LogP contribution in [0.1, 0.15) is 15.9 Å². The van der Waals surface area contributed by atoms with Crippen molar-refractivity contribution in [3.63, 3.8) is 0 Å². The molecule has 21 heavy (non-hydrogen) atoms. The average molecular weight is 295 g/mol. The number of benzene rings is 2. The summed E-state index contributed by atoms with van der Waals surface area (Å²) >= 11 is 0. The van der Waals surface area contributed by atoms with E-state index in [2.05, 4.69) is 5.32 Å². The van der Waals surface area contributed by atoms with Gasteiger partial charge in [0.25, 0.3) is 5.91 Å². The fourth-order valence-electron chi connectivity index (χ4n) is 1.77. The molecule has 0 aliphatic heterocycles. The Hall–Kier alpha value is -2.70. The molecule has 2 aromatic rings. The Balaban J connectivity index is 2.28. The Kier molecular flexibility index (Phi) is 3.75. The minimum atomic E-state index is -4.39. The summed E-state index contributed by atoms with van der Waals surface area (Å²) in [4.78, 5) is 11.3. The van der Waals surface area contributed by atoms with Crippen molar-refractivity contribution in [1.29, 1.82) is 0 Å². The molecule has 0 saturated heterocycles. The van der Waals surface area contributed by atoms with Crippen molar-refractivity contribution < 1.29 is 18.0 Å². The molecule has 7 heteroatoms. The molecule has 110 valence electrons. The third-order valence-corrected chi connectivity index (χ3v) is 2.80. The molecule has 0 atom stereocenters. The lowest BCUT2D eigenvalue weighted by molar-refractivity contribution is -0.137. The molecule has 0 heterocycles.